The normalized spacial score (nSPS) is 10.5. The molecule has 10 heteroatoms. The number of rotatable bonds is 9. The summed E-state index contributed by atoms with van der Waals surface area (Å²) >= 11 is 7.03. The molecule has 2 N–H and O–H groups in total. The zero-order chi connectivity index (χ0) is 22.2. The van der Waals surface area contributed by atoms with Gasteiger partial charge in [0, 0.05) is 22.9 Å². The van der Waals surface area contributed by atoms with E-state index in [0.717, 1.165) is 0 Å². The van der Waals surface area contributed by atoms with Gasteiger partial charge in [0.2, 0.25) is 11.8 Å². The Morgan fingerprint density at radius 3 is 2.29 bits per heavy atom. The van der Waals surface area contributed by atoms with E-state index in [1.807, 2.05) is 0 Å². The summed E-state index contributed by atoms with van der Waals surface area (Å²) in [5, 5.41) is 14.7. The molecule has 1 aromatic heterocycles. The van der Waals surface area contributed by atoms with Crippen LogP contribution in [0.5, 0.6) is 0 Å². The zero-order valence-corrected chi connectivity index (χ0v) is 17.9. The minimum Gasteiger partial charge on any atom is -0.326 e. The highest BCUT2D eigenvalue weighted by atomic mass is 35.5. The predicted octanol–water partition coefficient (Wildman–Crippen LogP) is 4.17. The lowest BCUT2D eigenvalue weighted by molar-refractivity contribution is -0.116. The topological polar surface area (TPSA) is 88.9 Å². The number of nitrogens with zero attached hydrogens (tertiary/aromatic N) is 3. The minimum absolute atomic E-state index is 0.00576. The van der Waals surface area contributed by atoms with Crippen molar-refractivity contribution < 1.29 is 14.0 Å². The number of nitrogens with one attached hydrogen (secondary N) is 2. The Labute approximate surface area is 187 Å². The molecule has 0 aliphatic heterocycles. The van der Waals surface area contributed by atoms with Gasteiger partial charge in [-0.2, -0.15) is 0 Å². The van der Waals surface area contributed by atoms with Gasteiger partial charge in [0.05, 0.1) is 12.2 Å². The third kappa shape index (κ3) is 6.66. The van der Waals surface area contributed by atoms with Crippen LogP contribution in [0.15, 0.2) is 66.3 Å². The monoisotopic (exact) mass is 459 g/mol. The summed E-state index contributed by atoms with van der Waals surface area (Å²) in [6.07, 6.45) is 1.67. The molecule has 7 nitrogen and oxygen atoms in total. The number of carbonyl (C=O) groups excluding carboxylic acids is 2. The fourth-order valence-corrected chi connectivity index (χ4v) is 3.50. The van der Waals surface area contributed by atoms with Crippen molar-refractivity contribution in [1.29, 1.82) is 0 Å². The first-order chi connectivity index (χ1) is 14.9. The van der Waals surface area contributed by atoms with Gasteiger partial charge >= 0.3 is 0 Å². The molecule has 2 amide bonds. The molecule has 0 radical (unpaired) electrons. The first-order valence-corrected chi connectivity index (χ1v) is 10.6. The van der Waals surface area contributed by atoms with Crippen molar-refractivity contribution in [1.82, 2.24) is 14.8 Å². The Balaban J connectivity index is 1.60. The quantitative estimate of drug-likeness (QED) is 0.370. The van der Waals surface area contributed by atoms with E-state index < -0.39 is 0 Å². The smallest absolute Gasteiger partial charge is 0.234 e. The molecule has 0 saturated carbocycles. The number of amides is 2. The molecule has 0 unspecified atom stereocenters. The Kier molecular flexibility index (Phi) is 7.80. The second-order valence-corrected chi connectivity index (χ2v) is 7.75. The maximum absolute atomic E-state index is 13.0. The van der Waals surface area contributed by atoms with E-state index in [0.29, 0.717) is 33.9 Å². The van der Waals surface area contributed by atoms with Gasteiger partial charge in [-0.3, -0.25) is 9.59 Å². The van der Waals surface area contributed by atoms with Crippen LogP contribution in [0.2, 0.25) is 5.02 Å². The lowest BCUT2D eigenvalue weighted by Crippen LogP contribution is -2.18. The largest absolute Gasteiger partial charge is 0.326 e. The van der Waals surface area contributed by atoms with Crippen LogP contribution in [-0.2, 0) is 22.6 Å². The number of thioether (sulfide) groups is 1. The lowest BCUT2D eigenvalue weighted by Gasteiger charge is -2.09. The highest BCUT2D eigenvalue weighted by Crippen LogP contribution is 2.19. The number of hydrogen-bond acceptors (Lipinski definition) is 5. The van der Waals surface area contributed by atoms with Gasteiger partial charge in [-0.25, -0.2) is 4.39 Å². The first-order valence-electron chi connectivity index (χ1n) is 9.21. The Morgan fingerprint density at radius 2 is 1.65 bits per heavy atom. The lowest BCUT2D eigenvalue weighted by atomic mass is 10.3. The molecule has 0 spiro atoms. The molecule has 0 saturated heterocycles. The fourth-order valence-electron chi connectivity index (χ4n) is 2.61. The van der Waals surface area contributed by atoms with Gasteiger partial charge in [0.25, 0.3) is 0 Å². The average molecular weight is 460 g/mol. The van der Waals surface area contributed by atoms with Crippen molar-refractivity contribution in [2.75, 3.05) is 16.4 Å². The number of hydrogen-bond donors (Lipinski definition) is 2. The first kappa shape index (κ1) is 22.5. The molecule has 1 heterocycles. The van der Waals surface area contributed by atoms with E-state index in [4.69, 9.17) is 11.6 Å². The molecule has 0 atom stereocenters. The Hall–Kier alpha value is -3.17. The summed E-state index contributed by atoms with van der Waals surface area (Å²) in [5.41, 5.74) is 1.12. The number of carbonyl (C=O) groups is 2. The van der Waals surface area contributed by atoms with Crippen molar-refractivity contribution in [3.63, 3.8) is 0 Å². The standard InChI is InChI=1S/C21H19ClFN5O2S/c1-2-11-28-18(12-19(29)24-16-7-3-14(22)4-8-16)26-27-21(28)31-13-20(30)25-17-9-5-15(23)6-10-17/h2-10H,1,11-13H2,(H,24,29)(H,25,30). The number of aromatic nitrogens is 3. The van der Waals surface area contributed by atoms with Crippen LogP contribution in [0.4, 0.5) is 15.8 Å². The van der Waals surface area contributed by atoms with Gasteiger partial charge in [-0.05, 0) is 48.5 Å². The van der Waals surface area contributed by atoms with Crippen molar-refractivity contribution in [2.45, 2.75) is 18.1 Å². The molecule has 3 rings (SSSR count). The van der Waals surface area contributed by atoms with E-state index in [2.05, 4.69) is 27.4 Å². The molecule has 160 valence electrons. The number of allylic oxidation sites excluding steroid dienone is 1. The van der Waals surface area contributed by atoms with Crippen LogP contribution in [0, 0.1) is 5.82 Å². The second-order valence-electron chi connectivity index (χ2n) is 6.37. The Bertz CT molecular complexity index is 1070. The summed E-state index contributed by atoms with van der Waals surface area (Å²) in [7, 11) is 0. The molecular weight excluding hydrogens is 441 g/mol. The zero-order valence-electron chi connectivity index (χ0n) is 16.3. The van der Waals surface area contributed by atoms with Crippen molar-refractivity contribution in [2.24, 2.45) is 0 Å². The summed E-state index contributed by atoms with van der Waals surface area (Å²) in [5.74, 6) is -0.383. The van der Waals surface area contributed by atoms with Gasteiger partial charge in [-0.1, -0.05) is 29.4 Å². The number of anilines is 2. The summed E-state index contributed by atoms with van der Waals surface area (Å²) < 4.78 is 14.7. The van der Waals surface area contributed by atoms with Gasteiger partial charge in [-0.15, -0.1) is 16.8 Å². The third-order valence-electron chi connectivity index (χ3n) is 4.01. The number of benzene rings is 2. The van der Waals surface area contributed by atoms with E-state index >= 15 is 0 Å². The molecule has 0 aliphatic rings. The third-order valence-corrected chi connectivity index (χ3v) is 5.23. The van der Waals surface area contributed by atoms with Crippen LogP contribution >= 0.6 is 23.4 Å². The van der Waals surface area contributed by atoms with Gasteiger partial charge in [0.1, 0.15) is 11.6 Å². The average Bonchev–Trinajstić information content (AvgIpc) is 3.11. The SMILES string of the molecule is C=CCn1c(CC(=O)Nc2ccc(Cl)cc2)nnc1SCC(=O)Nc1ccc(F)cc1. The van der Waals surface area contributed by atoms with Crippen molar-refractivity contribution in [3.8, 4) is 0 Å². The molecule has 0 aliphatic carbocycles. The summed E-state index contributed by atoms with van der Waals surface area (Å²) in [6, 6.07) is 12.3. The van der Waals surface area contributed by atoms with Gasteiger partial charge in [0.15, 0.2) is 5.16 Å². The van der Waals surface area contributed by atoms with Crippen LogP contribution < -0.4 is 10.6 Å². The van der Waals surface area contributed by atoms with E-state index in [1.165, 1.54) is 36.0 Å². The highest BCUT2D eigenvalue weighted by molar-refractivity contribution is 7.99. The fraction of sp³-hybridized carbons (Fsp3) is 0.143. The van der Waals surface area contributed by atoms with Crippen LogP contribution in [-0.4, -0.2) is 32.3 Å². The van der Waals surface area contributed by atoms with Crippen molar-refractivity contribution in [3.05, 3.63) is 77.9 Å². The highest BCUT2D eigenvalue weighted by Gasteiger charge is 2.16. The predicted molar refractivity (Wildman–Crippen MR) is 120 cm³/mol. The summed E-state index contributed by atoms with van der Waals surface area (Å²) in [6.45, 7) is 4.11. The molecule has 3 aromatic rings. The molecule has 31 heavy (non-hydrogen) atoms. The van der Waals surface area contributed by atoms with Crippen LogP contribution in [0.3, 0.4) is 0 Å². The maximum atomic E-state index is 13.0. The minimum atomic E-state index is -0.377. The second kappa shape index (κ2) is 10.7. The molecular formula is C21H19ClFN5O2S. The number of halogens is 2. The van der Waals surface area contributed by atoms with Crippen LogP contribution in [0.25, 0.3) is 0 Å². The molecule has 2 aromatic carbocycles. The van der Waals surface area contributed by atoms with E-state index in [1.54, 1.807) is 34.9 Å². The van der Waals surface area contributed by atoms with Crippen LogP contribution in [0.1, 0.15) is 5.82 Å². The van der Waals surface area contributed by atoms with E-state index in [-0.39, 0.29) is 29.8 Å². The van der Waals surface area contributed by atoms with Gasteiger partial charge < -0.3 is 15.2 Å². The Morgan fingerprint density at radius 1 is 1.03 bits per heavy atom. The maximum Gasteiger partial charge on any atom is 0.234 e. The molecule has 0 fully saturated rings. The van der Waals surface area contributed by atoms with Crippen molar-refractivity contribution >= 4 is 46.6 Å². The molecule has 0 bridgehead atoms. The summed E-state index contributed by atoms with van der Waals surface area (Å²) in [4.78, 5) is 24.6. The van der Waals surface area contributed by atoms with E-state index in [9.17, 15) is 14.0 Å².